The minimum atomic E-state index is -0.282. The molecule has 0 aliphatic heterocycles. The molecule has 74 valence electrons. The molecule has 0 saturated heterocycles. The smallest absolute Gasteiger partial charge is 0.0553 e. The van der Waals surface area contributed by atoms with Gasteiger partial charge in [0.1, 0.15) is 0 Å². The molecule has 1 aromatic carbocycles. The number of benzene rings is 1. The Labute approximate surface area is 83.8 Å². The summed E-state index contributed by atoms with van der Waals surface area (Å²) in [6.45, 7) is 1.82. The number of rotatable bonds is 2. The SMILES string of the molecule is C[C@@H](O)Cc1cccc2ccn(C)c12. The molecule has 0 aliphatic rings. The number of nitrogens with zero attached hydrogens (tertiary/aromatic N) is 1. The van der Waals surface area contributed by atoms with E-state index < -0.39 is 0 Å². The van der Waals surface area contributed by atoms with Crippen LogP contribution in [0.2, 0.25) is 0 Å². The number of aryl methyl sites for hydroxylation is 1. The van der Waals surface area contributed by atoms with Gasteiger partial charge in [-0.2, -0.15) is 0 Å². The van der Waals surface area contributed by atoms with Crippen molar-refractivity contribution in [1.29, 1.82) is 0 Å². The van der Waals surface area contributed by atoms with Crippen LogP contribution in [0, 0.1) is 0 Å². The predicted octanol–water partition coefficient (Wildman–Crippen LogP) is 2.10. The van der Waals surface area contributed by atoms with Gasteiger partial charge in [-0.25, -0.2) is 0 Å². The minimum Gasteiger partial charge on any atom is -0.393 e. The van der Waals surface area contributed by atoms with E-state index >= 15 is 0 Å². The number of fused-ring (bicyclic) bond motifs is 1. The van der Waals surface area contributed by atoms with Crippen LogP contribution in [0.4, 0.5) is 0 Å². The lowest BCUT2D eigenvalue weighted by Crippen LogP contribution is -2.05. The van der Waals surface area contributed by atoms with Crippen molar-refractivity contribution in [1.82, 2.24) is 4.57 Å². The summed E-state index contributed by atoms with van der Waals surface area (Å²) in [4.78, 5) is 0. The number of aromatic nitrogens is 1. The molecule has 2 rings (SSSR count). The van der Waals surface area contributed by atoms with Crippen molar-refractivity contribution in [3.8, 4) is 0 Å². The van der Waals surface area contributed by atoms with Gasteiger partial charge in [0.05, 0.1) is 11.6 Å². The summed E-state index contributed by atoms with van der Waals surface area (Å²) >= 11 is 0. The maximum absolute atomic E-state index is 9.38. The Morgan fingerprint density at radius 3 is 2.86 bits per heavy atom. The zero-order chi connectivity index (χ0) is 10.1. The fourth-order valence-electron chi connectivity index (χ4n) is 1.93. The van der Waals surface area contributed by atoms with Gasteiger partial charge in [0.25, 0.3) is 0 Å². The van der Waals surface area contributed by atoms with Gasteiger partial charge in [-0.1, -0.05) is 18.2 Å². The quantitative estimate of drug-likeness (QED) is 0.769. The minimum absolute atomic E-state index is 0.282. The Morgan fingerprint density at radius 1 is 1.36 bits per heavy atom. The molecule has 2 aromatic rings. The first kappa shape index (κ1) is 9.28. The average molecular weight is 189 g/mol. The van der Waals surface area contributed by atoms with Gasteiger partial charge in [-0.05, 0) is 23.9 Å². The summed E-state index contributed by atoms with van der Waals surface area (Å²) in [5.41, 5.74) is 2.44. The largest absolute Gasteiger partial charge is 0.393 e. The van der Waals surface area contributed by atoms with Crippen LogP contribution in [-0.2, 0) is 13.5 Å². The van der Waals surface area contributed by atoms with Gasteiger partial charge in [0.2, 0.25) is 0 Å². The summed E-state index contributed by atoms with van der Waals surface area (Å²) < 4.78 is 2.10. The zero-order valence-electron chi connectivity index (χ0n) is 8.57. The van der Waals surface area contributed by atoms with Crippen LogP contribution in [0.5, 0.6) is 0 Å². The van der Waals surface area contributed by atoms with E-state index in [2.05, 4.69) is 29.0 Å². The van der Waals surface area contributed by atoms with E-state index in [0.29, 0.717) is 0 Å². The van der Waals surface area contributed by atoms with E-state index in [4.69, 9.17) is 0 Å². The molecule has 1 aromatic heterocycles. The molecule has 2 heteroatoms. The van der Waals surface area contributed by atoms with Gasteiger partial charge in [0.15, 0.2) is 0 Å². The van der Waals surface area contributed by atoms with Gasteiger partial charge in [-0.15, -0.1) is 0 Å². The highest BCUT2D eigenvalue weighted by atomic mass is 16.3. The van der Waals surface area contributed by atoms with E-state index in [1.54, 1.807) is 0 Å². The lowest BCUT2D eigenvalue weighted by molar-refractivity contribution is 0.196. The fraction of sp³-hybridized carbons (Fsp3) is 0.333. The average Bonchev–Trinajstić information content (AvgIpc) is 2.48. The molecule has 0 spiro atoms. The second kappa shape index (κ2) is 3.46. The standard InChI is InChI=1S/C12H15NO/c1-9(14)8-11-5-3-4-10-6-7-13(2)12(10)11/h3-7,9,14H,8H2,1-2H3/t9-/m1/s1. The first-order valence-electron chi connectivity index (χ1n) is 4.89. The molecule has 0 aliphatic carbocycles. The number of aliphatic hydroxyl groups excluding tert-OH is 1. The molecule has 2 nitrogen and oxygen atoms in total. The summed E-state index contributed by atoms with van der Waals surface area (Å²) in [6, 6.07) is 8.32. The Morgan fingerprint density at radius 2 is 2.14 bits per heavy atom. The van der Waals surface area contributed by atoms with E-state index in [0.717, 1.165) is 6.42 Å². The molecule has 0 amide bonds. The van der Waals surface area contributed by atoms with Crippen molar-refractivity contribution in [3.05, 3.63) is 36.0 Å². The molecular weight excluding hydrogens is 174 g/mol. The van der Waals surface area contributed by atoms with Crippen LogP contribution in [0.15, 0.2) is 30.5 Å². The van der Waals surface area contributed by atoms with E-state index in [-0.39, 0.29) is 6.10 Å². The van der Waals surface area contributed by atoms with Gasteiger partial charge in [-0.3, -0.25) is 0 Å². The topological polar surface area (TPSA) is 25.2 Å². The Hall–Kier alpha value is -1.28. The summed E-state index contributed by atoms with van der Waals surface area (Å²) in [5.74, 6) is 0. The maximum Gasteiger partial charge on any atom is 0.0553 e. The summed E-state index contributed by atoms with van der Waals surface area (Å²) in [5, 5.41) is 10.6. The van der Waals surface area contributed by atoms with Gasteiger partial charge < -0.3 is 9.67 Å². The van der Waals surface area contributed by atoms with Crippen molar-refractivity contribution in [2.75, 3.05) is 0 Å². The highest BCUT2D eigenvalue weighted by Crippen LogP contribution is 2.20. The monoisotopic (exact) mass is 189 g/mol. The number of hydrogen-bond donors (Lipinski definition) is 1. The van der Waals surface area contributed by atoms with Gasteiger partial charge in [0, 0.05) is 19.7 Å². The molecule has 0 unspecified atom stereocenters. The van der Waals surface area contributed by atoms with Crippen molar-refractivity contribution < 1.29 is 5.11 Å². The fourth-order valence-corrected chi connectivity index (χ4v) is 1.93. The number of para-hydroxylation sites is 1. The van der Waals surface area contributed by atoms with E-state index in [1.165, 1.54) is 16.5 Å². The van der Waals surface area contributed by atoms with Crippen LogP contribution in [-0.4, -0.2) is 15.8 Å². The molecule has 14 heavy (non-hydrogen) atoms. The molecule has 0 saturated carbocycles. The first-order valence-corrected chi connectivity index (χ1v) is 4.89. The molecule has 1 atom stereocenters. The number of hydrogen-bond acceptors (Lipinski definition) is 1. The Kier molecular flexibility index (Phi) is 2.30. The van der Waals surface area contributed by atoms with Crippen LogP contribution in [0.1, 0.15) is 12.5 Å². The lowest BCUT2D eigenvalue weighted by atomic mass is 10.1. The second-order valence-electron chi connectivity index (χ2n) is 3.83. The van der Waals surface area contributed by atoms with E-state index in [9.17, 15) is 5.11 Å². The molecule has 0 radical (unpaired) electrons. The maximum atomic E-state index is 9.38. The van der Waals surface area contributed by atoms with Crippen LogP contribution in [0.3, 0.4) is 0 Å². The third-order valence-corrected chi connectivity index (χ3v) is 2.50. The molecule has 1 N–H and O–H groups in total. The van der Waals surface area contributed by atoms with Crippen LogP contribution < -0.4 is 0 Å². The summed E-state index contributed by atoms with van der Waals surface area (Å²) in [6.07, 6.45) is 2.49. The van der Waals surface area contributed by atoms with Crippen molar-refractivity contribution in [2.45, 2.75) is 19.4 Å². The van der Waals surface area contributed by atoms with Crippen molar-refractivity contribution in [3.63, 3.8) is 0 Å². The lowest BCUT2D eigenvalue weighted by Gasteiger charge is -2.07. The predicted molar refractivity (Wildman–Crippen MR) is 58.3 cm³/mol. The first-order chi connectivity index (χ1) is 6.68. The van der Waals surface area contributed by atoms with Crippen molar-refractivity contribution in [2.24, 2.45) is 7.05 Å². The van der Waals surface area contributed by atoms with Crippen LogP contribution >= 0.6 is 0 Å². The third-order valence-electron chi connectivity index (χ3n) is 2.50. The third kappa shape index (κ3) is 1.53. The van der Waals surface area contributed by atoms with Crippen LogP contribution in [0.25, 0.3) is 10.9 Å². The number of aliphatic hydroxyl groups is 1. The highest BCUT2D eigenvalue weighted by Gasteiger charge is 2.06. The zero-order valence-corrected chi connectivity index (χ0v) is 8.57. The Bertz CT molecular complexity index is 443. The van der Waals surface area contributed by atoms with Gasteiger partial charge >= 0.3 is 0 Å². The molecule has 0 bridgehead atoms. The summed E-state index contributed by atoms with van der Waals surface area (Å²) in [7, 11) is 2.04. The molecule has 1 heterocycles. The van der Waals surface area contributed by atoms with Crippen molar-refractivity contribution >= 4 is 10.9 Å². The normalized spacial score (nSPS) is 13.4. The highest BCUT2D eigenvalue weighted by molar-refractivity contribution is 5.83. The second-order valence-corrected chi connectivity index (χ2v) is 3.83. The van der Waals surface area contributed by atoms with E-state index in [1.807, 2.05) is 20.0 Å². The molecular formula is C12H15NO. The molecule has 0 fully saturated rings. The Balaban J connectivity index is 2.57.